The lowest BCUT2D eigenvalue weighted by molar-refractivity contribution is -0.306. The van der Waals surface area contributed by atoms with Gasteiger partial charge >= 0.3 is 6.36 Å². The third-order valence-corrected chi connectivity index (χ3v) is 2.56. The molecule has 6 nitrogen and oxygen atoms in total. The fourth-order valence-corrected chi connectivity index (χ4v) is 1.72. The molecule has 0 spiro atoms. The van der Waals surface area contributed by atoms with Gasteiger partial charge in [-0.3, -0.25) is 4.79 Å². The van der Waals surface area contributed by atoms with Gasteiger partial charge in [-0.05, 0) is 12.1 Å². The summed E-state index contributed by atoms with van der Waals surface area (Å²) in [5.74, 6) is -1.47. The van der Waals surface area contributed by atoms with Gasteiger partial charge in [0.05, 0.1) is 5.92 Å². The minimum absolute atomic E-state index is 0.0204. The average molecular weight is 300 g/mol. The fourth-order valence-electron chi connectivity index (χ4n) is 1.72. The van der Waals surface area contributed by atoms with Gasteiger partial charge in [0.2, 0.25) is 11.9 Å². The maximum atomic E-state index is 12.1. The van der Waals surface area contributed by atoms with Crippen LogP contribution in [0.3, 0.4) is 0 Å². The van der Waals surface area contributed by atoms with Crippen LogP contribution in [0.2, 0.25) is 0 Å². The molecule has 0 bridgehead atoms. The third-order valence-electron chi connectivity index (χ3n) is 2.56. The molecule has 1 atom stereocenters. The predicted octanol–water partition coefficient (Wildman–Crippen LogP) is 1.99. The quantitative estimate of drug-likeness (QED) is 0.891. The van der Waals surface area contributed by atoms with Gasteiger partial charge in [0.1, 0.15) is 11.6 Å². The van der Waals surface area contributed by atoms with Crippen LogP contribution in [0.15, 0.2) is 36.3 Å². The number of rotatable bonds is 3. The van der Waals surface area contributed by atoms with Crippen molar-refractivity contribution < 1.29 is 22.7 Å². The van der Waals surface area contributed by atoms with Crippen molar-refractivity contribution in [1.82, 2.24) is 9.97 Å². The second-order valence-corrected chi connectivity index (χ2v) is 4.17. The number of aromatic nitrogens is 2. The minimum atomic E-state index is -4.78. The Labute approximate surface area is 117 Å². The molecular formula is C12H11F3N4O2. The first-order valence-corrected chi connectivity index (χ1v) is 5.86. The molecule has 1 heterocycles. The number of nitrogens with two attached hydrogens (primary N) is 1. The molecule has 0 radical (unpaired) electrons. The maximum Gasteiger partial charge on any atom is 0.572 e. The van der Waals surface area contributed by atoms with Crippen molar-refractivity contribution in [2.24, 2.45) is 5.92 Å². The normalized spacial score (nSPS) is 18.0. The average Bonchev–Trinajstić information content (AvgIpc) is 2.37. The standard InChI is InChI=1S/C12H11F3N4O2/c13-12(14,15)21-8-3-1-2-7(6-8)10(20)18-9-4-5-17-11(16)19-9/h1-5,7H,6H2,(H3,16,17,18,19,20). The van der Waals surface area contributed by atoms with E-state index in [0.717, 1.165) is 0 Å². The molecule has 9 heteroatoms. The number of carbonyl (C=O) groups excluding carboxylic acids is 1. The molecule has 0 aromatic carbocycles. The molecule has 112 valence electrons. The number of nitrogen functional groups attached to an aromatic ring is 1. The molecule has 1 aromatic rings. The number of hydrogen-bond acceptors (Lipinski definition) is 5. The summed E-state index contributed by atoms with van der Waals surface area (Å²) >= 11 is 0. The van der Waals surface area contributed by atoms with E-state index in [-0.39, 0.29) is 23.9 Å². The number of nitrogens with one attached hydrogen (secondary N) is 1. The Hall–Kier alpha value is -2.58. The highest BCUT2D eigenvalue weighted by molar-refractivity contribution is 5.93. The van der Waals surface area contributed by atoms with E-state index in [1.807, 2.05) is 0 Å². The van der Waals surface area contributed by atoms with Crippen LogP contribution in [0.25, 0.3) is 0 Å². The Balaban J connectivity index is 1.98. The highest BCUT2D eigenvalue weighted by Crippen LogP contribution is 2.27. The Morgan fingerprint density at radius 1 is 1.48 bits per heavy atom. The first-order chi connectivity index (χ1) is 9.83. The van der Waals surface area contributed by atoms with E-state index in [0.29, 0.717) is 0 Å². The van der Waals surface area contributed by atoms with Crippen LogP contribution in [-0.4, -0.2) is 22.2 Å². The van der Waals surface area contributed by atoms with Crippen molar-refractivity contribution in [3.05, 3.63) is 36.3 Å². The highest BCUT2D eigenvalue weighted by Gasteiger charge is 2.33. The molecule has 1 aromatic heterocycles. The summed E-state index contributed by atoms with van der Waals surface area (Å²) in [4.78, 5) is 19.4. The number of alkyl halides is 3. The summed E-state index contributed by atoms with van der Waals surface area (Å²) in [6.45, 7) is 0. The van der Waals surface area contributed by atoms with Crippen molar-refractivity contribution in [3.63, 3.8) is 0 Å². The molecule has 0 saturated heterocycles. The van der Waals surface area contributed by atoms with Crippen LogP contribution < -0.4 is 11.1 Å². The van der Waals surface area contributed by atoms with Gasteiger partial charge in [0.25, 0.3) is 0 Å². The minimum Gasteiger partial charge on any atom is -0.410 e. The molecule has 21 heavy (non-hydrogen) atoms. The number of halogens is 3. The zero-order chi connectivity index (χ0) is 15.5. The number of nitrogens with zero attached hydrogens (tertiary/aromatic N) is 2. The van der Waals surface area contributed by atoms with Crippen LogP contribution in [0.5, 0.6) is 0 Å². The summed E-state index contributed by atoms with van der Waals surface area (Å²) in [7, 11) is 0. The van der Waals surface area contributed by atoms with E-state index < -0.39 is 18.2 Å². The van der Waals surface area contributed by atoms with Crippen LogP contribution in [-0.2, 0) is 9.53 Å². The number of amides is 1. The van der Waals surface area contributed by atoms with E-state index in [1.165, 1.54) is 30.5 Å². The number of anilines is 2. The van der Waals surface area contributed by atoms with Crippen molar-refractivity contribution in [3.8, 4) is 0 Å². The number of ether oxygens (including phenoxy) is 1. The monoisotopic (exact) mass is 300 g/mol. The SMILES string of the molecule is Nc1nccc(NC(=O)C2C=CC=C(OC(F)(F)F)C2)n1. The fraction of sp³-hybridized carbons (Fsp3) is 0.250. The molecule has 3 N–H and O–H groups in total. The first kappa shape index (κ1) is 14.8. The molecule has 1 unspecified atom stereocenters. The van der Waals surface area contributed by atoms with Crippen LogP contribution in [0.1, 0.15) is 6.42 Å². The first-order valence-electron chi connectivity index (χ1n) is 5.86. The molecule has 1 aliphatic rings. The number of hydrogen-bond donors (Lipinski definition) is 2. The van der Waals surface area contributed by atoms with E-state index in [1.54, 1.807) is 0 Å². The number of allylic oxidation sites excluding steroid dienone is 3. The van der Waals surface area contributed by atoms with E-state index in [2.05, 4.69) is 20.0 Å². The second-order valence-electron chi connectivity index (χ2n) is 4.17. The van der Waals surface area contributed by atoms with Crippen molar-refractivity contribution in [1.29, 1.82) is 0 Å². The van der Waals surface area contributed by atoms with E-state index in [4.69, 9.17) is 5.73 Å². The van der Waals surface area contributed by atoms with Gasteiger partial charge in [-0.25, -0.2) is 4.98 Å². The third kappa shape index (κ3) is 4.48. The van der Waals surface area contributed by atoms with Crippen LogP contribution in [0, 0.1) is 5.92 Å². The topological polar surface area (TPSA) is 90.1 Å². The Bertz CT molecular complexity index is 598. The summed E-state index contributed by atoms with van der Waals surface area (Å²) in [6.07, 6.45) is 0.362. The lowest BCUT2D eigenvalue weighted by Crippen LogP contribution is -2.25. The van der Waals surface area contributed by atoms with Gasteiger partial charge in [0, 0.05) is 12.6 Å². The van der Waals surface area contributed by atoms with Crippen molar-refractivity contribution >= 4 is 17.7 Å². The smallest absolute Gasteiger partial charge is 0.410 e. The number of carbonyl (C=O) groups is 1. The highest BCUT2D eigenvalue weighted by atomic mass is 19.4. The summed E-state index contributed by atoms with van der Waals surface area (Å²) < 4.78 is 40.2. The predicted molar refractivity (Wildman–Crippen MR) is 67.5 cm³/mol. The lowest BCUT2D eigenvalue weighted by atomic mass is 9.98. The lowest BCUT2D eigenvalue weighted by Gasteiger charge is -2.19. The van der Waals surface area contributed by atoms with Gasteiger partial charge < -0.3 is 15.8 Å². The summed E-state index contributed by atoms with van der Waals surface area (Å²) in [5.41, 5.74) is 5.36. The molecule has 1 amide bonds. The van der Waals surface area contributed by atoms with Gasteiger partial charge in [-0.1, -0.05) is 12.2 Å². The van der Waals surface area contributed by atoms with Crippen molar-refractivity contribution in [2.45, 2.75) is 12.8 Å². The van der Waals surface area contributed by atoms with Crippen LogP contribution >= 0.6 is 0 Å². The van der Waals surface area contributed by atoms with Crippen molar-refractivity contribution in [2.75, 3.05) is 11.1 Å². The Morgan fingerprint density at radius 3 is 2.90 bits per heavy atom. The zero-order valence-electron chi connectivity index (χ0n) is 10.6. The largest absolute Gasteiger partial charge is 0.572 e. The molecular weight excluding hydrogens is 289 g/mol. The van der Waals surface area contributed by atoms with Gasteiger partial charge in [-0.15, -0.1) is 13.2 Å². The second kappa shape index (κ2) is 5.81. The molecule has 0 fully saturated rings. The Morgan fingerprint density at radius 2 is 2.24 bits per heavy atom. The molecule has 0 aliphatic heterocycles. The van der Waals surface area contributed by atoms with E-state index >= 15 is 0 Å². The van der Waals surface area contributed by atoms with Crippen LogP contribution in [0.4, 0.5) is 24.9 Å². The summed E-state index contributed by atoms with van der Waals surface area (Å²) in [6, 6.07) is 1.42. The van der Waals surface area contributed by atoms with E-state index in [9.17, 15) is 18.0 Å². The van der Waals surface area contributed by atoms with Gasteiger partial charge in [-0.2, -0.15) is 4.98 Å². The molecule has 0 saturated carbocycles. The zero-order valence-corrected chi connectivity index (χ0v) is 10.6. The van der Waals surface area contributed by atoms with Gasteiger partial charge in [0.15, 0.2) is 0 Å². The Kier molecular flexibility index (Phi) is 4.10. The maximum absolute atomic E-state index is 12.1. The summed E-state index contributed by atoms with van der Waals surface area (Å²) in [5, 5.41) is 2.45. The molecule has 1 aliphatic carbocycles. The molecule has 2 rings (SSSR count).